The highest BCUT2D eigenvalue weighted by atomic mass is 16.5. The summed E-state index contributed by atoms with van der Waals surface area (Å²) in [6.07, 6.45) is 0. The van der Waals surface area contributed by atoms with Gasteiger partial charge in [-0.3, -0.25) is 9.59 Å². The lowest BCUT2D eigenvalue weighted by Crippen LogP contribution is -2.13. The third-order valence-corrected chi connectivity index (χ3v) is 2.78. The standard InChI is InChI=1S/C14H10O7/c1-6(15)8-3-4-11(20-12(8)17)10-5-9(7(2)16)13(18)21-14(10)19/h3-5,18H,1-2H3. The Kier molecular flexibility index (Phi) is 3.58. The van der Waals surface area contributed by atoms with Crippen LogP contribution in [-0.2, 0) is 0 Å². The van der Waals surface area contributed by atoms with Gasteiger partial charge < -0.3 is 13.9 Å². The maximum absolute atomic E-state index is 11.7. The van der Waals surface area contributed by atoms with Gasteiger partial charge >= 0.3 is 11.3 Å². The van der Waals surface area contributed by atoms with Gasteiger partial charge in [0, 0.05) is 0 Å². The summed E-state index contributed by atoms with van der Waals surface area (Å²) in [7, 11) is 0. The normalized spacial score (nSPS) is 10.4. The van der Waals surface area contributed by atoms with Crippen LogP contribution in [0.3, 0.4) is 0 Å². The van der Waals surface area contributed by atoms with Crippen LogP contribution in [0.4, 0.5) is 0 Å². The topological polar surface area (TPSA) is 115 Å². The molecule has 0 aliphatic rings. The number of aromatic hydroxyl groups is 1. The number of hydrogen-bond donors (Lipinski definition) is 1. The molecule has 2 rings (SSSR count). The number of ketones is 2. The van der Waals surface area contributed by atoms with Crippen molar-refractivity contribution in [2.45, 2.75) is 13.8 Å². The molecule has 0 radical (unpaired) electrons. The fourth-order valence-electron chi connectivity index (χ4n) is 1.71. The van der Waals surface area contributed by atoms with Gasteiger partial charge in [-0.15, -0.1) is 0 Å². The number of carbonyl (C=O) groups is 2. The van der Waals surface area contributed by atoms with E-state index in [1.165, 1.54) is 26.0 Å². The van der Waals surface area contributed by atoms with Crippen LogP contribution in [0.15, 0.2) is 36.6 Å². The predicted octanol–water partition coefficient (Wildman–Crippen LogP) is 1.37. The van der Waals surface area contributed by atoms with E-state index in [9.17, 15) is 24.3 Å². The number of hydrogen-bond acceptors (Lipinski definition) is 7. The Balaban J connectivity index is 2.68. The van der Waals surface area contributed by atoms with Crippen molar-refractivity contribution >= 4 is 11.6 Å². The van der Waals surface area contributed by atoms with E-state index in [0.717, 1.165) is 6.07 Å². The van der Waals surface area contributed by atoms with Crippen LogP contribution >= 0.6 is 0 Å². The molecule has 0 aliphatic heterocycles. The fourth-order valence-corrected chi connectivity index (χ4v) is 1.71. The summed E-state index contributed by atoms with van der Waals surface area (Å²) in [5.41, 5.74) is -2.46. The first-order valence-electron chi connectivity index (χ1n) is 5.84. The van der Waals surface area contributed by atoms with Crippen molar-refractivity contribution in [1.82, 2.24) is 0 Å². The van der Waals surface area contributed by atoms with E-state index in [0.29, 0.717) is 0 Å². The number of carbonyl (C=O) groups excluding carboxylic acids is 2. The number of rotatable bonds is 3. The molecule has 2 aromatic rings. The van der Waals surface area contributed by atoms with Crippen molar-refractivity contribution < 1.29 is 23.5 Å². The van der Waals surface area contributed by atoms with E-state index in [1.807, 2.05) is 0 Å². The van der Waals surface area contributed by atoms with Crippen LogP contribution in [0.2, 0.25) is 0 Å². The summed E-state index contributed by atoms with van der Waals surface area (Å²) < 4.78 is 9.40. The smallest absolute Gasteiger partial charge is 0.349 e. The van der Waals surface area contributed by atoms with Gasteiger partial charge in [0.1, 0.15) is 16.9 Å². The molecule has 1 N–H and O–H groups in total. The lowest BCUT2D eigenvalue weighted by Gasteiger charge is -2.03. The molecule has 7 nitrogen and oxygen atoms in total. The Labute approximate surface area is 117 Å². The largest absolute Gasteiger partial charge is 0.480 e. The van der Waals surface area contributed by atoms with Gasteiger partial charge in [0.2, 0.25) is 0 Å². The summed E-state index contributed by atoms with van der Waals surface area (Å²) in [6, 6.07) is 3.52. The molecule has 0 amide bonds. The molecular formula is C14H10O7. The molecule has 0 spiro atoms. The molecule has 0 aromatic carbocycles. The van der Waals surface area contributed by atoms with E-state index in [1.54, 1.807) is 0 Å². The highest BCUT2D eigenvalue weighted by molar-refractivity contribution is 5.97. The van der Waals surface area contributed by atoms with Gasteiger partial charge in [0.05, 0.1) is 5.56 Å². The molecule has 0 bridgehead atoms. The summed E-state index contributed by atoms with van der Waals surface area (Å²) in [6.45, 7) is 2.38. The molecule has 0 aliphatic carbocycles. The Morgan fingerprint density at radius 3 is 2.10 bits per heavy atom. The van der Waals surface area contributed by atoms with Crippen LogP contribution in [0.25, 0.3) is 11.3 Å². The minimum Gasteiger partial charge on any atom is -0.480 e. The van der Waals surface area contributed by atoms with Crippen LogP contribution < -0.4 is 11.3 Å². The van der Waals surface area contributed by atoms with Gasteiger partial charge in [-0.25, -0.2) is 9.59 Å². The van der Waals surface area contributed by atoms with E-state index in [-0.39, 0.29) is 22.5 Å². The van der Waals surface area contributed by atoms with E-state index < -0.39 is 28.8 Å². The summed E-state index contributed by atoms with van der Waals surface area (Å²) in [5, 5.41) is 9.38. The summed E-state index contributed by atoms with van der Waals surface area (Å²) >= 11 is 0. The zero-order chi connectivity index (χ0) is 15.7. The third kappa shape index (κ3) is 2.66. The van der Waals surface area contributed by atoms with Crippen molar-refractivity contribution in [3.05, 3.63) is 50.2 Å². The Bertz CT molecular complexity index is 854. The number of Topliss-reactive ketones (excluding diaryl/α,β-unsaturated/α-hetero) is 2. The first-order chi connectivity index (χ1) is 9.81. The average Bonchev–Trinajstić information content (AvgIpc) is 2.37. The van der Waals surface area contributed by atoms with E-state index in [4.69, 9.17) is 4.42 Å². The van der Waals surface area contributed by atoms with Gasteiger partial charge in [-0.05, 0) is 32.0 Å². The van der Waals surface area contributed by atoms with Crippen molar-refractivity contribution in [2.75, 3.05) is 0 Å². The van der Waals surface area contributed by atoms with Gasteiger partial charge in [0.15, 0.2) is 11.6 Å². The molecule has 2 aromatic heterocycles. The molecule has 0 atom stereocenters. The second-order valence-corrected chi connectivity index (χ2v) is 4.28. The highest BCUT2D eigenvalue weighted by Crippen LogP contribution is 2.22. The first-order valence-corrected chi connectivity index (χ1v) is 5.84. The Morgan fingerprint density at radius 1 is 0.952 bits per heavy atom. The third-order valence-electron chi connectivity index (χ3n) is 2.78. The molecule has 0 saturated heterocycles. The molecule has 2 heterocycles. The molecule has 108 valence electrons. The van der Waals surface area contributed by atoms with Gasteiger partial charge in [0.25, 0.3) is 5.95 Å². The lowest BCUT2D eigenvalue weighted by molar-refractivity contribution is 0.0998. The minimum atomic E-state index is -0.976. The zero-order valence-corrected chi connectivity index (χ0v) is 11.1. The second-order valence-electron chi connectivity index (χ2n) is 4.28. The minimum absolute atomic E-state index is 0.159. The van der Waals surface area contributed by atoms with E-state index in [2.05, 4.69) is 4.42 Å². The maximum Gasteiger partial charge on any atom is 0.349 e. The second kappa shape index (κ2) is 5.20. The van der Waals surface area contributed by atoms with Crippen LogP contribution in [0.1, 0.15) is 34.6 Å². The van der Waals surface area contributed by atoms with Crippen LogP contribution in [-0.4, -0.2) is 16.7 Å². The quantitative estimate of drug-likeness (QED) is 0.849. The summed E-state index contributed by atoms with van der Waals surface area (Å²) in [4.78, 5) is 45.8. The lowest BCUT2D eigenvalue weighted by atomic mass is 10.1. The van der Waals surface area contributed by atoms with Crippen molar-refractivity contribution in [1.29, 1.82) is 0 Å². The zero-order valence-electron chi connectivity index (χ0n) is 11.1. The average molecular weight is 290 g/mol. The SMILES string of the molecule is CC(=O)c1cc(-c2ccc(C(C)=O)c(=O)o2)c(=O)oc1O. The predicted molar refractivity (Wildman–Crippen MR) is 70.6 cm³/mol. The van der Waals surface area contributed by atoms with Crippen molar-refractivity contribution in [2.24, 2.45) is 0 Å². The van der Waals surface area contributed by atoms with Gasteiger partial charge in [-0.2, -0.15) is 0 Å². The van der Waals surface area contributed by atoms with Crippen LogP contribution in [0, 0.1) is 0 Å². The fraction of sp³-hybridized carbons (Fsp3) is 0.143. The van der Waals surface area contributed by atoms with Crippen molar-refractivity contribution in [3.8, 4) is 17.3 Å². The van der Waals surface area contributed by atoms with Gasteiger partial charge in [-0.1, -0.05) is 0 Å². The monoisotopic (exact) mass is 290 g/mol. The molecular weight excluding hydrogens is 280 g/mol. The molecule has 0 saturated carbocycles. The Morgan fingerprint density at radius 2 is 1.57 bits per heavy atom. The summed E-state index contributed by atoms with van der Waals surface area (Å²) in [5.74, 6) is -1.97. The Hall–Kier alpha value is -2.96. The molecule has 0 unspecified atom stereocenters. The highest BCUT2D eigenvalue weighted by Gasteiger charge is 2.18. The van der Waals surface area contributed by atoms with Crippen LogP contribution in [0.5, 0.6) is 5.95 Å². The molecule has 7 heteroatoms. The van der Waals surface area contributed by atoms with Crippen molar-refractivity contribution in [3.63, 3.8) is 0 Å². The molecule has 0 fully saturated rings. The molecule has 21 heavy (non-hydrogen) atoms. The maximum atomic E-state index is 11.7. The van der Waals surface area contributed by atoms with E-state index >= 15 is 0 Å². The first kappa shape index (κ1) is 14.4.